The number of hydrogen-bond donors (Lipinski definition) is 1. The third-order valence-electron chi connectivity index (χ3n) is 2.56. The Labute approximate surface area is 107 Å². The van der Waals surface area contributed by atoms with Gasteiger partial charge in [0.15, 0.2) is 0 Å². The van der Waals surface area contributed by atoms with Crippen LogP contribution < -0.4 is 0 Å². The van der Waals surface area contributed by atoms with Gasteiger partial charge in [-0.3, -0.25) is 0 Å². The van der Waals surface area contributed by atoms with Crippen molar-refractivity contribution >= 4 is 28.6 Å². The third kappa shape index (κ3) is 12.6. The lowest BCUT2D eigenvalue weighted by molar-refractivity contribution is -0.00579. The second-order valence-corrected chi connectivity index (χ2v) is 13.1. The summed E-state index contributed by atoms with van der Waals surface area (Å²) in [5, 5.41) is 9.32. The molecule has 98 valence electrons. The first-order chi connectivity index (χ1) is 7.81. The fourth-order valence-electron chi connectivity index (χ4n) is 1.62. The molecule has 0 amide bonds. The molecule has 0 bridgehead atoms. The molecule has 0 radical (unpaired) electrons. The molecule has 0 heterocycles. The molecule has 6 heteroatoms. The molecule has 0 aliphatic heterocycles. The second-order valence-electron chi connectivity index (χ2n) is 4.31. The van der Waals surface area contributed by atoms with Gasteiger partial charge >= 0.3 is 0 Å². The fourth-order valence-corrected chi connectivity index (χ4v) is 11.6. The van der Waals surface area contributed by atoms with Crippen molar-refractivity contribution in [3.63, 3.8) is 0 Å². The summed E-state index contributed by atoms with van der Waals surface area (Å²) in [6, 6.07) is 1.43. The minimum absolute atomic E-state index is 0.251. The van der Waals surface area contributed by atoms with E-state index in [2.05, 4.69) is 6.55 Å². The third-order valence-corrected chi connectivity index (χ3v) is 12.4. The van der Waals surface area contributed by atoms with Crippen LogP contribution in [0.25, 0.3) is 0 Å². The number of rotatable bonds is 12. The molecular formula is C10H28O3Si3. The molecule has 3 nitrogen and oxygen atoms in total. The number of hydrogen-bond acceptors (Lipinski definition) is 3. The fraction of sp³-hybridized carbons (Fsp3) is 1.00. The molecule has 0 spiro atoms. The van der Waals surface area contributed by atoms with Gasteiger partial charge < -0.3 is 14.6 Å². The van der Waals surface area contributed by atoms with E-state index in [0.717, 1.165) is 6.61 Å². The van der Waals surface area contributed by atoms with Gasteiger partial charge in [-0.2, -0.15) is 0 Å². The topological polar surface area (TPSA) is 38.7 Å². The zero-order valence-electron chi connectivity index (χ0n) is 10.9. The van der Waals surface area contributed by atoms with E-state index in [0.29, 0.717) is 32.3 Å². The van der Waals surface area contributed by atoms with Crippen molar-refractivity contribution < 1.29 is 14.6 Å². The average molecular weight is 281 g/mol. The molecule has 0 rings (SSSR count). The maximum absolute atomic E-state index is 9.32. The Balaban J connectivity index is 2.98. The molecule has 0 aliphatic carbocycles. The lowest BCUT2D eigenvalue weighted by Gasteiger charge is -2.09. The number of ether oxygens (including phenoxy) is 2. The van der Waals surface area contributed by atoms with Crippen molar-refractivity contribution in [1.82, 2.24) is 0 Å². The number of methoxy groups -OCH3 is 1. The van der Waals surface area contributed by atoms with Gasteiger partial charge in [0, 0.05) is 42.3 Å². The van der Waals surface area contributed by atoms with Crippen LogP contribution in [-0.4, -0.2) is 66.7 Å². The maximum Gasteiger partial charge on any atom is 0.101 e. The molecule has 1 N–H and O–H groups in total. The van der Waals surface area contributed by atoms with Crippen molar-refractivity contribution in [2.45, 2.75) is 36.5 Å². The van der Waals surface area contributed by atoms with Gasteiger partial charge in [0.1, 0.15) is 6.10 Å². The maximum atomic E-state index is 9.32. The van der Waals surface area contributed by atoms with E-state index in [-0.39, 0.29) is 9.52 Å². The molecule has 1 atom stereocenters. The van der Waals surface area contributed by atoms with Crippen molar-refractivity contribution in [3.05, 3.63) is 0 Å². The largest absolute Gasteiger partial charge is 0.388 e. The highest BCUT2D eigenvalue weighted by molar-refractivity contribution is 6.63. The Morgan fingerprint density at radius 2 is 2.00 bits per heavy atom. The lowest BCUT2D eigenvalue weighted by atomic mass is 10.4. The standard InChI is InChI=1S/C10H28O3Si3/c1-12-6-10(11)7-13-4-3-5-15-9-16-8-14-2/h10-11H,3-9,14-16H2,1-2H3. The summed E-state index contributed by atoms with van der Waals surface area (Å²) in [5.41, 5.74) is 3.33. The monoisotopic (exact) mass is 280 g/mol. The highest BCUT2D eigenvalue weighted by Gasteiger charge is 2.02. The predicted octanol–water partition coefficient (Wildman–Crippen LogP) is -0.875. The van der Waals surface area contributed by atoms with Gasteiger partial charge in [-0.1, -0.05) is 23.9 Å². The van der Waals surface area contributed by atoms with Crippen LogP contribution in [0, 0.1) is 0 Å². The second kappa shape index (κ2) is 13.6. The highest BCUT2D eigenvalue weighted by atomic mass is 28.3. The highest BCUT2D eigenvalue weighted by Crippen LogP contribution is 1.95. The first kappa shape index (κ1) is 16.5. The molecule has 0 fully saturated rings. The van der Waals surface area contributed by atoms with E-state index in [1.165, 1.54) is 12.5 Å². The SMILES string of the molecule is COCC(O)COCCC[SiH2]C[SiH2]C[SiH2]C. The van der Waals surface area contributed by atoms with Crippen molar-refractivity contribution in [2.24, 2.45) is 0 Å². The van der Waals surface area contributed by atoms with Crippen LogP contribution in [0.2, 0.25) is 23.9 Å². The summed E-state index contributed by atoms with van der Waals surface area (Å²) >= 11 is 0. The average Bonchev–Trinajstić information content (AvgIpc) is 2.27. The van der Waals surface area contributed by atoms with Crippen molar-refractivity contribution in [1.29, 1.82) is 0 Å². The van der Waals surface area contributed by atoms with Crippen molar-refractivity contribution in [2.75, 3.05) is 26.9 Å². The molecule has 0 aliphatic rings. The molecule has 0 aromatic heterocycles. The lowest BCUT2D eigenvalue weighted by Crippen LogP contribution is -2.21. The zero-order chi connectivity index (χ0) is 12.1. The van der Waals surface area contributed by atoms with Crippen LogP contribution in [-0.2, 0) is 9.47 Å². The molecular weight excluding hydrogens is 252 g/mol. The molecule has 16 heavy (non-hydrogen) atoms. The van der Waals surface area contributed by atoms with E-state index >= 15 is 0 Å². The number of aliphatic hydroxyl groups excluding tert-OH is 1. The first-order valence-electron chi connectivity index (χ1n) is 6.56. The van der Waals surface area contributed by atoms with E-state index in [9.17, 15) is 5.11 Å². The van der Waals surface area contributed by atoms with Gasteiger partial charge in [0.2, 0.25) is 0 Å². The Hall–Kier alpha value is 0.531. The molecule has 0 aromatic rings. The van der Waals surface area contributed by atoms with E-state index in [1.54, 1.807) is 18.4 Å². The van der Waals surface area contributed by atoms with Crippen LogP contribution in [0.4, 0.5) is 0 Å². The quantitative estimate of drug-likeness (QED) is 0.373. The summed E-state index contributed by atoms with van der Waals surface area (Å²) in [4.78, 5) is 0. The van der Waals surface area contributed by atoms with Crippen molar-refractivity contribution in [3.8, 4) is 0 Å². The molecule has 0 saturated carbocycles. The minimum Gasteiger partial charge on any atom is -0.388 e. The van der Waals surface area contributed by atoms with Crippen LogP contribution in [0.1, 0.15) is 6.42 Å². The van der Waals surface area contributed by atoms with Gasteiger partial charge in [0.05, 0.1) is 13.2 Å². The Bertz CT molecular complexity index is 138. The van der Waals surface area contributed by atoms with E-state index < -0.39 is 6.10 Å². The zero-order valence-corrected chi connectivity index (χ0v) is 15.2. The Morgan fingerprint density at radius 3 is 2.69 bits per heavy atom. The number of aliphatic hydroxyl groups is 1. The van der Waals surface area contributed by atoms with E-state index in [4.69, 9.17) is 9.47 Å². The smallest absolute Gasteiger partial charge is 0.101 e. The van der Waals surface area contributed by atoms with E-state index in [1.807, 2.05) is 0 Å². The molecule has 1 unspecified atom stereocenters. The van der Waals surface area contributed by atoms with Crippen LogP contribution in [0.5, 0.6) is 0 Å². The molecule has 0 aromatic carbocycles. The van der Waals surface area contributed by atoms with Crippen LogP contribution in [0.3, 0.4) is 0 Å². The normalized spacial score (nSPS) is 15.2. The summed E-state index contributed by atoms with van der Waals surface area (Å²) in [6.45, 7) is 4.04. The molecule has 0 saturated heterocycles. The van der Waals surface area contributed by atoms with Gasteiger partial charge in [-0.05, 0) is 6.42 Å². The summed E-state index contributed by atoms with van der Waals surface area (Å²) in [6.07, 6.45) is 0.744. The minimum atomic E-state index is -0.454. The van der Waals surface area contributed by atoms with Gasteiger partial charge in [-0.25, -0.2) is 0 Å². The van der Waals surface area contributed by atoms with Gasteiger partial charge in [0.25, 0.3) is 0 Å². The first-order valence-corrected chi connectivity index (χ1v) is 13.0. The summed E-state index contributed by atoms with van der Waals surface area (Å²) < 4.78 is 10.2. The van der Waals surface area contributed by atoms with Crippen LogP contribution in [0.15, 0.2) is 0 Å². The Kier molecular flexibility index (Phi) is 14.0. The van der Waals surface area contributed by atoms with Gasteiger partial charge in [-0.15, -0.1) is 0 Å². The van der Waals surface area contributed by atoms with Crippen LogP contribution >= 0.6 is 0 Å². The summed E-state index contributed by atoms with van der Waals surface area (Å²) in [7, 11) is 2.60. The predicted molar refractivity (Wildman–Crippen MR) is 79.2 cm³/mol. The summed E-state index contributed by atoms with van der Waals surface area (Å²) in [5.74, 6) is 0. The Morgan fingerprint density at radius 1 is 1.19 bits per heavy atom.